The monoisotopic (exact) mass is 306 g/mol. The highest BCUT2D eigenvalue weighted by molar-refractivity contribution is 8.11. The van der Waals surface area contributed by atoms with Crippen LogP contribution in [0.1, 0.15) is 11.1 Å². The molecular weight excluding hydrogens is 292 g/mol. The molecule has 8 nitrogen and oxygen atoms in total. The molecule has 0 radical (unpaired) electrons. The van der Waals surface area contributed by atoms with Crippen molar-refractivity contribution in [2.45, 2.75) is 12.7 Å². The maximum Gasteiger partial charge on any atom is 0.368 e. The van der Waals surface area contributed by atoms with Gasteiger partial charge < -0.3 is 0 Å². The number of nitrogens with one attached hydrogen (secondary N) is 1. The standard InChI is InChI=1S/C12H14N6O2S/c1-9-4-3-5-11(18-12(20)17(2)15-16-18)10(9)6-21-8-14-13-7-19/h3-5,7-8H,6H2,1-2H3,(H,13,19). The molecule has 2 rings (SSSR count). The van der Waals surface area contributed by atoms with Crippen molar-refractivity contribution in [3.63, 3.8) is 0 Å². The highest BCUT2D eigenvalue weighted by Gasteiger charge is 2.12. The maximum atomic E-state index is 12.0. The average molecular weight is 306 g/mol. The van der Waals surface area contributed by atoms with Crippen LogP contribution in [-0.2, 0) is 17.6 Å². The zero-order valence-electron chi connectivity index (χ0n) is 11.6. The number of tetrazole rings is 1. The van der Waals surface area contributed by atoms with E-state index in [2.05, 4.69) is 21.0 Å². The molecule has 0 spiro atoms. The Morgan fingerprint density at radius 3 is 2.90 bits per heavy atom. The van der Waals surface area contributed by atoms with E-state index in [1.165, 1.54) is 26.7 Å². The molecule has 0 aliphatic rings. The van der Waals surface area contributed by atoms with E-state index in [1.807, 2.05) is 25.1 Å². The summed E-state index contributed by atoms with van der Waals surface area (Å²) in [4.78, 5) is 22.0. The summed E-state index contributed by atoms with van der Waals surface area (Å²) >= 11 is 1.40. The molecule has 1 N–H and O–H groups in total. The van der Waals surface area contributed by atoms with Gasteiger partial charge in [0.2, 0.25) is 6.41 Å². The van der Waals surface area contributed by atoms with Crippen LogP contribution in [0.2, 0.25) is 0 Å². The Labute approximate surface area is 124 Å². The van der Waals surface area contributed by atoms with Crippen molar-refractivity contribution in [2.75, 3.05) is 0 Å². The first-order valence-corrected chi connectivity index (χ1v) is 7.10. The van der Waals surface area contributed by atoms with Crippen molar-refractivity contribution < 1.29 is 4.79 Å². The Kier molecular flexibility index (Phi) is 4.88. The van der Waals surface area contributed by atoms with Crippen molar-refractivity contribution in [3.8, 4) is 5.69 Å². The number of carbonyl (C=O) groups is 1. The lowest BCUT2D eigenvalue weighted by molar-refractivity contribution is -0.109. The van der Waals surface area contributed by atoms with Gasteiger partial charge in [0, 0.05) is 12.8 Å². The fraction of sp³-hybridized carbons (Fsp3) is 0.250. The molecule has 0 atom stereocenters. The number of carbonyl (C=O) groups excluding carboxylic acids is 1. The van der Waals surface area contributed by atoms with Crippen LogP contribution in [0.3, 0.4) is 0 Å². The number of hydrazone groups is 1. The number of aromatic nitrogens is 4. The van der Waals surface area contributed by atoms with Gasteiger partial charge in [-0.15, -0.1) is 11.8 Å². The number of nitrogens with zero attached hydrogens (tertiary/aromatic N) is 5. The minimum Gasteiger partial charge on any atom is -0.277 e. The van der Waals surface area contributed by atoms with Crippen molar-refractivity contribution in [1.29, 1.82) is 0 Å². The normalized spacial score (nSPS) is 11.0. The first kappa shape index (κ1) is 15.0. The van der Waals surface area contributed by atoms with Crippen LogP contribution >= 0.6 is 11.8 Å². The van der Waals surface area contributed by atoms with Crippen molar-refractivity contribution in [2.24, 2.45) is 12.1 Å². The van der Waals surface area contributed by atoms with Gasteiger partial charge in [0.25, 0.3) is 0 Å². The lowest BCUT2D eigenvalue weighted by Gasteiger charge is -2.09. The van der Waals surface area contributed by atoms with E-state index in [0.29, 0.717) is 17.9 Å². The summed E-state index contributed by atoms with van der Waals surface area (Å²) in [6.45, 7) is 1.96. The summed E-state index contributed by atoms with van der Waals surface area (Å²) in [5, 5.41) is 11.3. The Morgan fingerprint density at radius 1 is 1.43 bits per heavy atom. The molecule has 0 saturated carbocycles. The fourth-order valence-electron chi connectivity index (χ4n) is 1.76. The van der Waals surface area contributed by atoms with Gasteiger partial charge in [-0.2, -0.15) is 14.5 Å². The highest BCUT2D eigenvalue weighted by atomic mass is 32.2. The quantitative estimate of drug-likeness (QED) is 0.356. The van der Waals surface area contributed by atoms with Gasteiger partial charge in [-0.05, 0) is 34.5 Å². The zero-order chi connectivity index (χ0) is 15.2. The molecule has 110 valence electrons. The van der Waals surface area contributed by atoms with Crippen LogP contribution in [0.5, 0.6) is 0 Å². The van der Waals surface area contributed by atoms with Gasteiger partial charge in [0.05, 0.1) is 11.2 Å². The second kappa shape index (κ2) is 6.84. The van der Waals surface area contributed by atoms with Gasteiger partial charge in [-0.25, -0.2) is 10.2 Å². The summed E-state index contributed by atoms with van der Waals surface area (Å²) in [5.41, 5.74) is 6.11. The topological polar surface area (TPSA) is 94.2 Å². The smallest absolute Gasteiger partial charge is 0.277 e. The molecule has 9 heteroatoms. The summed E-state index contributed by atoms with van der Waals surface area (Å²) in [7, 11) is 1.55. The number of benzene rings is 1. The van der Waals surface area contributed by atoms with Crippen LogP contribution in [0.15, 0.2) is 28.1 Å². The third-order valence-corrected chi connectivity index (χ3v) is 3.53. The van der Waals surface area contributed by atoms with Crippen molar-refractivity contribution >= 4 is 23.7 Å². The lowest BCUT2D eigenvalue weighted by Crippen LogP contribution is -2.23. The molecular formula is C12H14N6O2S. The van der Waals surface area contributed by atoms with Gasteiger partial charge in [0.1, 0.15) is 0 Å². The van der Waals surface area contributed by atoms with Gasteiger partial charge in [-0.1, -0.05) is 12.1 Å². The van der Waals surface area contributed by atoms with Crippen LogP contribution < -0.4 is 11.1 Å². The molecule has 1 aromatic carbocycles. The van der Waals surface area contributed by atoms with Crippen LogP contribution in [0.4, 0.5) is 0 Å². The van der Waals surface area contributed by atoms with E-state index >= 15 is 0 Å². The summed E-state index contributed by atoms with van der Waals surface area (Å²) < 4.78 is 2.44. The Morgan fingerprint density at radius 2 is 2.24 bits per heavy atom. The largest absolute Gasteiger partial charge is 0.368 e. The van der Waals surface area contributed by atoms with Gasteiger partial charge in [0.15, 0.2) is 0 Å². The molecule has 0 aliphatic carbocycles. The molecule has 0 bridgehead atoms. The van der Waals surface area contributed by atoms with E-state index in [-0.39, 0.29) is 5.69 Å². The average Bonchev–Trinajstić information content (AvgIpc) is 2.80. The minimum absolute atomic E-state index is 0.303. The maximum absolute atomic E-state index is 12.0. The lowest BCUT2D eigenvalue weighted by atomic mass is 10.1. The van der Waals surface area contributed by atoms with Gasteiger partial charge in [-0.3, -0.25) is 4.79 Å². The van der Waals surface area contributed by atoms with Gasteiger partial charge >= 0.3 is 5.69 Å². The SMILES string of the molecule is Cc1cccc(-n2nnn(C)c2=O)c1CSC=NNC=O. The van der Waals surface area contributed by atoms with Crippen LogP contribution in [-0.4, -0.2) is 31.7 Å². The summed E-state index contributed by atoms with van der Waals surface area (Å²) in [6, 6.07) is 5.64. The first-order chi connectivity index (χ1) is 10.1. The molecule has 0 unspecified atom stereocenters. The van der Waals surface area contributed by atoms with E-state index in [0.717, 1.165) is 11.1 Å². The highest BCUT2D eigenvalue weighted by Crippen LogP contribution is 2.21. The van der Waals surface area contributed by atoms with E-state index in [9.17, 15) is 9.59 Å². The fourth-order valence-corrected chi connectivity index (χ4v) is 2.51. The van der Waals surface area contributed by atoms with E-state index < -0.39 is 0 Å². The summed E-state index contributed by atoms with van der Waals surface area (Å²) in [5.74, 6) is 0.592. The number of rotatable bonds is 6. The molecule has 0 aliphatic heterocycles. The van der Waals surface area contributed by atoms with E-state index in [1.54, 1.807) is 7.05 Å². The third kappa shape index (κ3) is 3.37. The summed E-state index contributed by atoms with van der Waals surface area (Å²) in [6.07, 6.45) is 0.495. The van der Waals surface area contributed by atoms with Crippen molar-refractivity contribution in [3.05, 3.63) is 39.8 Å². The Bertz CT molecular complexity index is 721. The molecule has 0 saturated heterocycles. The molecule has 1 amide bonds. The predicted molar refractivity (Wildman–Crippen MR) is 80.3 cm³/mol. The zero-order valence-corrected chi connectivity index (χ0v) is 12.4. The van der Waals surface area contributed by atoms with E-state index in [4.69, 9.17) is 0 Å². The molecule has 1 aromatic heterocycles. The number of aryl methyl sites for hydroxylation is 2. The Hall–Kier alpha value is -2.42. The minimum atomic E-state index is -0.303. The molecule has 0 fully saturated rings. The molecule has 1 heterocycles. The predicted octanol–water partition coefficient (Wildman–Crippen LogP) is 0.197. The number of hydrogen-bond acceptors (Lipinski definition) is 6. The number of hydrogen-bond donors (Lipinski definition) is 1. The van der Waals surface area contributed by atoms with Crippen LogP contribution in [0, 0.1) is 6.92 Å². The Balaban J connectivity index is 2.30. The second-order valence-electron chi connectivity index (χ2n) is 4.16. The molecule has 21 heavy (non-hydrogen) atoms. The second-order valence-corrected chi connectivity index (χ2v) is 4.99. The third-order valence-electron chi connectivity index (χ3n) is 2.82. The number of thioether (sulfide) groups is 1. The van der Waals surface area contributed by atoms with Crippen molar-refractivity contribution in [1.82, 2.24) is 25.2 Å². The first-order valence-electron chi connectivity index (χ1n) is 6.05. The number of amides is 1. The molecule has 2 aromatic rings. The van der Waals surface area contributed by atoms with Crippen LogP contribution in [0.25, 0.3) is 5.69 Å².